The Morgan fingerprint density at radius 3 is 1.93 bits per heavy atom. The number of benzene rings is 1. The molecule has 0 amide bonds. The molecule has 2 aromatic heterocycles. The zero-order valence-corrected chi connectivity index (χ0v) is 18.3. The van der Waals surface area contributed by atoms with Gasteiger partial charge < -0.3 is 24.2 Å². The average Bonchev–Trinajstić information content (AvgIpc) is 3.11. The van der Waals surface area contributed by atoms with E-state index >= 15 is 0 Å². The Morgan fingerprint density at radius 1 is 0.700 bits per heavy atom. The molecule has 5 rings (SSSR count). The number of nitrogens with zero attached hydrogens (tertiary/aromatic N) is 7. The topological polar surface area (TPSA) is 43.7 Å². The Balaban J connectivity index is 1.63. The lowest BCUT2D eigenvalue weighted by Gasteiger charge is -2.35. The van der Waals surface area contributed by atoms with Crippen LogP contribution in [0.25, 0.3) is 22.3 Å². The summed E-state index contributed by atoms with van der Waals surface area (Å²) in [5.74, 6) is 1.95. The predicted molar refractivity (Wildman–Crippen MR) is 123 cm³/mol. The molecule has 7 nitrogen and oxygen atoms in total. The molecule has 158 valence electrons. The van der Waals surface area contributed by atoms with E-state index in [0.29, 0.717) is 0 Å². The standard InChI is InChI=1S/C23H31N7/c1-26-9-13-29(14-10-26)22-19-17-20(18-7-5-4-6-8-18)28(3)21(19)24-23(25-22)30-15-11-27(2)12-16-30/h4-8,17H,9-16H2,1-3H3. The van der Waals surface area contributed by atoms with Gasteiger partial charge in [-0.25, -0.2) is 0 Å². The van der Waals surface area contributed by atoms with E-state index in [1.54, 1.807) is 0 Å². The van der Waals surface area contributed by atoms with Gasteiger partial charge in [-0.15, -0.1) is 0 Å². The summed E-state index contributed by atoms with van der Waals surface area (Å²) in [5.41, 5.74) is 3.42. The summed E-state index contributed by atoms with van der Waals surface area (Å²) in [7, 11) is 6.50. The smallest absolute Gasteiger partial charge is 0.229 e. The van der Waals surface area contributed by atoms with E-state index in [-0.39, 0.29) is 0 Å². The minimum absolute atomic E-state index is 0.866. The van der Waals surface area contributed by atoms with E-state index in [4.69, 9.17) is 9.97 Å². The molecule has 0 saturated carbocycles. The highest BCUT2D eigenvalue weighted by Gasteiger charge is 2.25. The van der Waals surface area contributed by atoms with Crippen molar-refractivity contribution in [1.29, 1.82) is 0 Å². The number of anilines is 2. The molecule has 2 fully saturated rings. The maximum Gasteiger partial charge on any atom is 0.229 e. The van der Waals surface area contributed by atoms with Crippen LogP contribution in [0.15, 0.2) is 36.4 Å². The second-order valence-corrected chi connectivity index (χ2v) is 8.62. The third-order valence-electron chi connectivity index (χ3n) is 6.51. The van der Waals surface area contributed by atoms with Gasteiger partial charge in [-0.2, -0.15) is 9.97 Å². The Morgan fingerprint density at radius 2 is 1.30 bits per heavy atom. The van der Waals surface area contributed by atoms with Crippen LogP contribution in [-0.4, -0.2) is 90.8 Å². The SMILES string of the molecule is CN1CCN(c2nc(N3CCN(C)CC3)c3cc(-c4ccccc4)n(C)c3n2)CC1. The molecule has 0 unspecified atom stereocenters. The van der Waals surface area contributed by atoms with Crippen LogP contribution in [0.3, 0.4) is 0 Å². The summed E-state index contributed by atoms with van der Waals surface area (Å²) >= 11 is 0. The molecule has 0 aliphatic carbocycles. The van der Waals surface area contributed by atoms with Crippen LogP contribution in [-0.2, 0) is 7.05 Å². The van der Waals surface area contributed by atoms with Gasteiger partial charge in [-0.3, -0.25) is 0 Å². The lowest BCUT2D eigenvalue weighted by Crippen LogP contribution is -2.46. The Kier molecular flexibility index (Phi) is 5.08. The van der Waals surface area contributed by atoms with Gasteiger partial charge >= 0.3 is 0 Å². The molecule has 4 heterocycles. The second kappa shape index (κ2) is 7.89. The highest BCUT2D eigenvalue weighted by Crippen LogP contribution is 2.33. The third-order valence-corrected chi connectivity index (χ3v) is 6.51. The fraction of sp³-hybridized carbons (Fsp3) is 0.478. The number of aromatic nitrogens is 3. The first kappa shape index (κ1) is 19.3. The molecule has 2 saturated heterocycles. The molecule has 0 atom stereocenters. The number of fused-ring (bicyclic) bond motifs is 1. The average molecular weight is 406 g/mol. The van der Waals surface area contributed by atoms with Crippen LogP contribution < -0.4 is 9.80 Å². The third kappa shape index (κ3) is 3.52. The van der Waals surface area contributed by atoms with Gasteiger partial charge in [0.05, 0.1) is 11.1 Å². The van der Waals surface area contributed by atoms with Gasteiger partial charge in [0.2, 0.25) is 5.95 Å². The lowest BCUT2D eigenvalue weighted by atomic mass is 10.1. The summed E-state index contributed by atoms with van der Waals surface area (Å²) < 4.78 is 2.23. The zero-order valence-electron chi connectivity index (χ0n) is 18.3. The number of likely N-dealkylation sites (N-methyl/N-ethyl adjacent to an activating group) is 2. The summed E-state index contributed by atoms with van der Waals surface area (Å²) in [6.07, 6.45) is 0. The highest BCUT2D eigenvalue weighted by atomic mass is 15.4. The van der Waals surface area contributed by atoms with Crippen LogP contribution >= 0.6 is 0 Å². The van der Waals surface area contributed by atoms with Crippen molar-refractivity contribution in [2.75, 3.05) is 76.3 Å². The fourth-order valence-corrected chi connectivity index (χ4v) is 4.46. The van der Waals surface area contributed by atoms with E-state index in [2.05, 4.69) is 81.7 Å². The molecule has 3 aromatic rings. The van der Waals surface area contributed by atoms with E-state index < -0.39 is 0 Å². The van der Waals surface area contributed by atoms with Crippen molar-refractivity contribution >= 4 is 22.8 Å². The Bertz CT molecular complexity index is 1010. The Hall–Kier alpha value is -2.64. The van der Waals surface area contributed by atoms with Crippen LogP contribution in [0, 0.1) is 0 Å². The van der Waals surface area contributed by atoms with Crippen LogP contribution in [0.4, 0.5) is 11.8 Å². The van der Waals surface area contributed by atoms with E-state index in [1.165, 1.54) is 11.3 Å². The highest BCUT2D eigenvalue weighted by molar-refractivity contribution is 5.94. The summed E-state index contributed by atoms with van der Waals surface area (Å²) in [6.45, 7) is 8.17. The van der Waals surface area contributed by atoms with E-state index in [9.17, 15) is 0 Å². The zero-order chi connectivity index (χ0) is 20.7. The van der Waals surface area contributed by atoms with Crippen LogP contribution in [0.2, 0.25) is 0 Å². The van der Waals surface area contributed by atoms with Crippen molar-refractivity contribution in [1.82, 2.24) is 24.3 Å². The quantitative estimate of drug-likeness (QED) is 0.665. The van der Waals surface area contributed by atoms with Crippen molar-refractivity contribution in [2.45, 2.75) is 0 Å². The molecular formula is C23H31N7. The number of piperazine rings is 2. The molecule has 7 heteroatoms. The van der Waals surface area contributed by atoms with Crippen LogP contribution in [0.1, 0.15) is 0 Å². The molecule has 30 heavy (non-hydrogen) atoms. The van der Waals surface area contributed by atoms with E-state index in [1.807, 2.05) is 0 Å². The minimum Gasteiger partial charge on any atom is -0.353 e. The molecule has 0 spiro atoms. The molecule has 0 N–H and O–H groups in total. The van der Waals surface area contributed by atoms with Gasteiger partial charge in [-0.1, -0.05) is 30.3 Å². The van der Waals surface area contributed by atoms with Crippen molar-refractivity contribution in [3.8, 4) is 11.3 Å². The van der Waals surface area contributed by atoms with Crippen molar-refractivity contribution in [3.63, 3.8) is 0 Å². The van der Waals surface area contributed by atoms with Gasteiger partial charge in [0.15, 0.2) is 0 Å². The fourth-order valence-electron chi connectivity index (χ4n) is 4.46. The van der Waals surface area contributed by atoms with Crippen molar-refractivity contribution in [3.05, 3.63) is 36.4 Å². The van der Waals surface area contributed by atoms with Crippen molar-refractivity contribution in [2.24, 2.45) is 7.05 Å². The first-order chi connectivity index (χ1) is 14.6. The minimum atomic E-state index is 0.866. The van der Waals surface area contributed by atoms with Crippen LogP contribution in [0.5, 0.6) is 0 Å². The lowest BCUT2D eigenvalue weighted by molar-refractivity contribution is 0.309. The Labute approximate surface area is 178 Å². The normalized spacial score (nSPS) is 19.0. The molecule has 2 aliphatic heterocycles. The summed E-state index contributed by atoms with van der Waals surface area (Å²) in [6, 6.07) is 12.8. The molecule has 2 aliphatic rings. The maximum absolute atomic E-state index is 5.14. The van der Waals surface area contributed by atoms with Gasteiger partial charge in [0.25, 0.3) is 0 Å². The maximum atomic E-state index is 5.14. The summed E-state index contributed by atoms with van der Waals surface area (Å²) in [4.78, 5) is 19.7. The van der Waals surface area contributed by atoms with Crippen molar-refractivity contribution < 1.29 is 0 Å². The largest absolute Gasteiger partial charge is 0.353 e. The molecule has 0 radical (unpaired) electrons. The first-order valence-corrected chi connectivity index (χ1v) is 10.9. The molecule has 0 bridgehead atoms. The van der Waals surface area contributed by atoms with Gasteiger partial charge in [0.1, 0.15) is 11.5 Å². The monoisotopic (exact) mass is 405 g/mol. The summed E-state index contributed by atoms with van der Waals surface area (Å²) in [5, 5.41) is 1.15. The number of hydrogen-bond acceptors (Lipinski definition) is 6. The van der Waals surface area contributed by atoms with Gasteiger partial charge in [-0.05, 0) is 25.7 Å². The predicted octanol–water partition coefficient (Wildman–Crippen LogP) is 2.14. The molecule has 1 aromatic carbocycles. The first-order valence-electron chi connectivity index (χ1n) is 10.9. The van der Waals surface area contributed by atoms with E-state index in [0.717, 1.165) is 75.2 Å². The second-order valence-electron chi connectivity index (χ2n) is 8.62. The number of aryl methyl sites for hydroxylation is 1. The number of rotatable bonds is 3. The molecular weight excluding hydrogens is 374 g/mol. The number of hydrogen-bond donors (Lipinski definition) is 0. The van der Waals surface area contributed by atoms with Gasteiger partial charge in [0, 0.05) is 59.4 Å².